The van der Waals surface area contributed by atoms with E-state index in [1.807, 2.05) is 29.7 Å². The molecule has 0 saturated carbocycles. The number of rotatable bonds is 4. The van der Waals surface area contributed by atoms with E-state index in [9.17, 15) is 4.79 Å². The molecule has 0 aliphatic carbocycles. The number of para-hydroxylation sites is 1. The highest BCUT2D eigenvalue weighted by molar-refractivity contribution is 6.17. The van der Waals surface area contributed by atoms with Crippen LogP contribution in [0.15, 0.2) is 18.2 Å². The highest BCUT2D eigenvalue weighted by Crippen LogP contribution is 2.20. The number of amides is 1. The molecule has 18 heavy (non-hydrogen) atoms. The van der Waals surface area contributed by atoms with Crippen LogP contribution in [-0.2, 0) is 17.8 Å². The molecule has 0 fully saturated rings. The minimum Gasteiger partial charge on any atom is -0.358 e. The fraction of sp³-hybridized carbons (Fsp3) is 0.385. The Labute approximate surface area is 111 Å². The van der Waals surface area contributed by atoms with Crippen molar-refractivity contribution in [1.82, 2.24) is 14.9 Å². The van der Waals surface area contributed by atoms with Crippen LogP contribution in [-0.4, -0.2) is 28.4 Å². The Balaban J connectivity index is 2.55. The number of nitrogens with one attached hydrogen (secondary N) is 1. The molecular weight excluding hydrogens is 250 g/mol. The number of carbonyl (C=O) groups excluding carboxylic acids is 1. The predicted molar refractivity (Wildman–Crippen MR) is 73.0 cm³/mol. The average molecular weight is 266 g/mol. The first kappa shape index (κ1) is 12.9. The number of aromatic nitrogens is 2. The SMILES string of the molecule is CNC(=O)Cn1c(CCCl)nc2c(C)cccc21. The van der Waals surface area contributed by atoms with Crippen molar-refractivity contribution >= 4 is 28.5 Å². The lowest BCUT2D eigenvalue weighted by molar-refractivity contribution is -0.121. The lowest BCUT2D eigenvalue weighted by atomic mass is 10.2. The van der Waals surface area contributed by atoms with Crippen molar-refractivity contribution in [3.05, 3.63) is 29.6 Å². The van der Waals surface area contributed by atoms with E-state index in [2.05, 4.69) is 10.3 Å². The Kier molecular flexibility index (Phi) is 3.87. The molecule has 0 unspecified atom stereocenters. The summed E-state index contributed by atoms with van der Waals surface area (Å²) in [6.07, 6.45) is 0.659. The Morgan fingerprint density at radius 2 is 2.28 bits per heavy atom. The standard InChI is InChI=1S/C13H16ClN3O/c1-9-4-3-5-10-13(9)16-11(6-7-14)17(10)8-12(18)15-2/h3-5H,6-8H2,1-2H3,(H,15,18). The molecular formula is C13H16ClN3O. The number of aryl methyl sites for hydroxylation is 2. The van der Waals surface area contributed by atoms with Gasteiger partial charge in [-0.2, -0.15) is 0 Å². The van der Waals surface area contributed by atoms with Crippen molar-refractivity contribution < 1.29 is 4.79 Å². The Hall–Kier alpha value is -1.55. The van der Waals surface area contributed by atoms with Gasteiger partial charge in [0.2, 0.25) is 5.91 Å². The summed E-state index contributed by atoms with van der Waals surface area (Å²) in [6, 6.07) is 5.98. The van der Waals surface area contributed by atoms with Gasteiger partial charge in [0.1, 0.15) is 12.4 Å². The van der Waals surface area contributed by atoms with Crippen molar-refractivity contribution in [3.8, 4) is 0 Å². The average Bonchev–Trinajstić information content (AvgIpc) is 2.70. The van der Waals surface area contributed by atoms with Crippen molar-refractivity contribution in [3.63, 3.8) is 0 Å². The third-order valence-corrected chi connectivity index (χ3v) is 3.15. The number of likely N-dealkylation sites (N-methyl/N-ethyl adjacent to an activating group) is 1. The fourth-order valence-electron chi connectivity index (χ4n) is 2.01. The highest BCUT2D eigenvalue weighted by Gasteiger charge is 2.13. The zero-order chi connectivity index (χ0) is 13.1. The summed E-state index contributed by atoms with van der Waals surface area (Å²) in [7, 11) is 1.63. The molecule has 0 aliphatic rings. The molecule has 5 heteroatoms. The molecule has 4 nitrogen and oxygen atoms in total. The molecule has 0 bridgehead atoms. The first-order chi connectivity index (χ1) is 8.67. The number of fused-ring (bicyclic) bond motifs is 1. The number of hydrogen-bond acceptors (Lipinski definition) is 2. The van der Waals surface area contributed by atoms with Gasteiger partial charge in [0.15, 0.2) is 0 Å². The van der Waals surface area contributed by atoms with E-state index in [1.165, 1.54) is 0 Å². The molecule has 0 aliphatic heterocycles. The predicted octanol–water partition coefficient (Wildman–Crippen LogP) is 1.87. The van der Waals surface area contributed by atoms with Crippen LogP contribution in [0, 0.1) is 6.92 Å². The fourth-order valence-corrected chi connectivity index (χ4v) is 2.18. The topological polar surface area (TPSA) is 46.9 Å². The number of alkyl halides is 1. The molecule has 96 valence electrons. The lowest BCUT2D eigenvalue weighted by Crippen LogP contribution is -2.24. The molecule has 2 rings (SSSR count). The summed E-state index contributed by atoms with van der Waals surface area (Å²) in [5.41, 5.74) is 3.04. The van der Waals surface area contributed by atoms with Crippen LogP contribution in [0.25, 0.3) is 11.0 Å². The van der Waals surface area contributed by atoms with Crippen LogP contribution in [0.4, 0.5) is 0 Å². The summed E-state index contributed by atoms with van der Waals surface area (Å²) in [5.74, 6) is 1.32. The number of benzene rings is 1. The summed E-state index contributed by atoms with van der Waals surface area (Å²) in [5, 5.41) is 2.63. The molecule has 0 radical (unpaired) electrons. The van der Waals surface area contributed by atoms with Gasteiger partial charge < -0.3 is 9.88 Å². The highest BCUT2D eigenvalue weighted by atomic mass is 35.5. The Morgan fingerprint density at radius 3 is 2.94 bits per heavy atom. The van der Waals surface area contributed by atoms with Crippen molar-refractivity contribution in [2.24, 2.45) is 0 Å². The van der Waals surface area contributed by atoms with Gasteiger partial charge in [0.25, 0.3) is 0 Å². The number of hydrogen-bond donors (Lipinski definition) is 1. The minimum absolute atomic E-state index is 0.0355. The zero-order valence-electron chi connectivity index (χ0n) is 10.5. The molecule has 0 atom stereocenters. The van der Waals surface area contributed by atoms with Crippen molar-refractivity contribution in [2.45, 2.75) is 19.9 Å². The largest absolute Gasteiger partial charge is 0.358 e. The van der Waals surface area contributed by atoms with Crippen LogP contribution in [0.5, 0.6) is 0 Å². The molecule has 1 heterocycles. The van der Waals surface area contributed by atoms with Crippen LogP contribution >= 0.6 is 11.6 Å². The van der Waals surface area contributed by atoms with Gasteiger partial charge >= 0.3 is 0 Å². The van der Waals surface area contributed by atoms with E-state index >= 15 is 0 Å². The number of halogens is 1. The molecule has 1 amide bonds. The van der Waals surface area contributed by atoms with Gasteiger partial charge in [0, 0.05) is 19.3 Å². The van der Waals surface area contributed by atoms with E-state index < -0.39 is 0 Å². The first-order valence-electron chi connectivity index (χ1n) is 5.88. The maximum absolute atomic E-state index is 11.6. The molecule has 1 N–H and O–H groups in total. The summed E-state index contributed by atoms with van der Waals surface area (Å²) in [6.45, 7) is 2.30. The second-order valence-electron chi connectivity index (χ2n) is 4.17. The normalized spacial score (nSPS) is 10.8. The van der Waals surface area contributed by atoms with E-state index in [4.69, 9.17) is 11.6 Å². The van der Waals surface area contributed by atoms with E-state index in [0.29, 0.717) is 12.3 Å². The minimum atomic E-state index is -0.0355. The van der Waals surface area contributed by atoms with Gasteiger partial charge in [0.05, 0.1) is 11.0 Å². The molecule has 2 aromatic rings. The van der Waals surface area contributed by atoms with Crippen LogP contribution in [0.2, 0.25) is 0 Å². The summed E-state index contributed by atoms with van der Waals surface area (Å²) < 4.78 is 1.93. The Bertz CT molecular complexity index is 577. The quantitative estimate of drug-likeness (QED) is 0.858. The molecule has 1 aromatic heterocycles. The third kappa shape index (κ3) is 2.34. The summed E-state index contributed by atoms with van der Waals surface area (Å²) >= 11 is 5.79. The van der Waals surface area contributed by atoms with Gasteiger partial charge in [-0.3, -0.25) is 4.79 Å². The van der Waals surface area contributed by atoms with E-state index in [0.717, 1.165) is 22.4 Å². The third-order valence-electron chi connectivity index (χ3n) is 2.96. The van der Waals surface area contributed by atoms with Gasteiger partial charge in [-0.05, 0) is 18.6 Å². The number of nitrogens with zero attached hydrogens (tertiary/aromatic N) is 2. The molecule has 0 saturated heterocycles. The monoisotopic (exact) mass is 265 g/mol. The van der Waals surface area contributed by atoms with Crippen molar-refractivity contribution in [1.29, 1.82) is 0 Å². The van der Waals surface area contributed by atoms with Crippen LogP contribution < -0.4 is 5.32 Å². The second kappa shape index (κ2) is 5.40. The van der Waals surface area contributed by atoms with Crippen LogP contribution in [0.3, 0.4) is 0 Å². The second-order valence-corrected chi connectivity index (χ2v) is 4.55. The molecule has 1 aromatic carbocycles. The van der Waals surface area contributed by atoms with Gasteiger partial charge in [-0.15, -0.1) is 11.6 Å². The van der Waals surface area contributed by atoms with Gasteiger partial charge in [-0.1, -0.05) is 12.1 Å². The maximum Gasteiger partial charge on any atom is 0.239 e. The van der Waals surface area contributed by atoms with Gasteiger partial charge in [-0.25, -0.2) is 4.98 Å². The molecule has 0 spiro atoms. The maximum atomic E-state index is 11.6. The van der Waals surface area contributed by atoms with E-state index in [-0.39, 0.29) is 12.5 Å². The van der Waals surface area contributed by atoms with Crippen LogP contribution in [0.1, 0.15) is 11.4 Å². The van der Waals surface area contributed by atoms with Crippen molar-refractivity contribution in [2.75, 3.05) is 12.9 Å². The smallest absolute Gasteiger partial charge is 0.239 e. The number of carbonyl (C=O) groups is 1. The van der Waals surface area contributed by atoms with E-state index in [1.54, 1.807) is 7.05 Å². The first-order valence-corrected chi connectivity index (χ1v) is 6.42. The Morgan fingerprint density at radius 1 is 1.50 bits per heavy atom. The zero-order valence-corrected chi connectivity index (χ0v) is 11.3. The summed E-state index contributed by atoms with van der Waals surface area (Å²) in [4.78, 5) is 16.2. The number of imidazole rings is 1. The lowest BCUT2D eigenvalue weighted by Gasteiger charge is -2.07.